The van der Waals surface area contributed by atoms with E-state index in [-0.39, 0.29) is 12.3 Å². The van der Waals surface area contributed by atoms with Crippen molar-refractivity contribution in [2.45, 2.75) is 25.7 Å². The normalized spacial score (nSPS) is 7.80. The van der Waals surface area contributed by atoms with Crippen LogP contribution in [0.3, 0.4) is 0 Å². The average Bonchev–Trinajstić information content (AvgIpc) is 1.81. The fourth-order valence-corrected chi connectivity index (χ4v) is 1.22. The molecule has 4 heteroatoms. The summed E-state index contributed by atoms with van der Waals surface area (Å²) in [6.45, 7) is 0. The summed E-state index contributed by atoms with van der Waals surface area (Å²) in [6.07, 6.45) is 8.15. The Bertz CT molecular complexity index is 38.7. The molecule has 0 fully saturated rings. The molecule has 0 amide bonds. The first-order chi connectivity index (χ1) is 3.91. The summed E-state index contributed by atoms with van der Waals surface area (Å²) in [6, 6.07) is 0. The summed E-state index contributed by atoms with van der Waals surface area (Å²) in [7, 11) is 5.52. The summed E-state index contributed by atoms with van der Waals surface area (Å²) in [5.41, 5.74) is 0. The molecule has 0 spiro atoms. The largest absolute Gasteiger partial charge is 0.344 e. The molecule has 0 aromatic rings. The molecule has 2 unspecified atom stereocenters. The van der Waals surface area contributed by atoms with Gasteiger partial charge in [0.1, 0.15) is 0 Å². The SMILES string of the molecule is N.N.PCCCCCCP. The van der Waals surface area contributed by atoms with E-state index in [1.54, 1.807) is 0 Å². The molecule has 0 saturated carbocycles. The monoisotopic (exact) mass is 184 g/mol. The molecule has 0 aliphatic rings. The second kappa shape index (κ2) is 16.4. The minimum atomic E-state index is 0. The van der Waals surface area contributed by atoms with Crippen molar-refractivity contribution in [1.29, 1.82) is 0 Å². The van der Waals surface area contributed by atoms with Crippen LogP contribution in [-0.4, -0.2) is 12.3 Å². The second-order valence-corrected chi connectivity index (χ2v) is 3.15. The quantitative estimate of drug-likeness (QED) is 0.509. The van der Waals surface area contributed by atoms with Crippen LogP contribution in [0, 0.1) is 0 Å². The van der Waals surface area contributed by atoms with Crippen molar-refractivity contribution < 1.29 is 0 Å². The predicted octanol–water partition coefficient (Wildman–Crippen LogP) is 2.62. The molecule has 2 atom stereocenters. The van der Waals surface area contributed by atoms with Crippen LogP contribution in [0.15, 0.2) is 0 Å². The standard InChI is InChI=1S/C6H16P2.2H3N/c7-5-3-1-2-4-6-8;;/h1-8H2;2*1H3. The van der Waals surface area contributed by atoms with Gasteiger partial charge in [-0.15, -0.1) is 18.5 Å². The van der Waals surface area contributed by atoms with Crippen LogP contribution in [0.5, 0.6) is 0 Å². The third-order valence-electron chi connectivity index (χ3n) is 1.16. The zero-order valence-corrected chi connectivity index (χ0v) is 9.12. The van der Waals surface area contributed by atoms with Gasteiger partial charge in [-0.1, -0.05) is 12.8 Å². The summed E-state index contributed by atoms with van der Waals surface area (Å²) < 4.78 is 0. The van der Waals surface area contributed by atoms with Crippen molar-refractivity contribution in [3.05, 3.63) is 0 Å². The molecule has 0 bridgehead atoms. The van der Waals surface area contributed by atoms with Crippen LogP contribution in [-0.2, 0) is 0 Å². The molecule has 0 aromatic heterocycles. The van der Waals surface area contributed by atoms with Crippen molar-refractivity contribution in [3.63, 3.8) is 0 Å². The Morgan fingerprint density at radius 2 is 0.900 bits per heavy atom. The lowest BCUT2D eigenvalue weighted by atomic mass is 10.2. The van der Waals surface area contributed by atoms with Crippen molar-refractivity contribution in [2.24, 2.45) is 0 Å². The molecular formula is C6H22N2P2. The Kier molecular flexibility index (Phi) is 27.9. The Balaban J connectivity index is -0.000000245. The molecule has 10 heavy (non-hydrogen) atoms. The van der Waals surface area contributed by atoms with Crippen molar-refractivity contribution in [1.82, 2.24) is 12.3 Å². The van der Waals surface area contributed by atoms with Gasteiger partial charge in [-0.25, -0.2) is 0 Å². The van der Waals surface area contributed by atoms with Crippen LogP contribution in [0.25, 0.3) is 0 Å². The third-order valence-corrected chi connectivity index (χ3v) is 1.97. The van der Waals surface area contributed by atoms with Crippen LogP contribution in [0.2, 0.25) is 0 Å². The molecule has 0 radical (unpaired) electrons. The predicted molar refractivity (Wildman–Crippen MR) is 57.7 cm³/mol. The number of hydrogen-bond acceptors (Lipinski definition) is 2. The van der Waals surface area contributed by atoms with E-state index in [9.17, 15) is 0 Å². The molecule has 0 aliphatic carbocycles. The Morgan fingerprint density at radius 1 is 0.600 bits per heavy atom. The van der Waals surface area contributed by atoms with Gasteiger partial charge in [0.15, 0.2) is 0 Å². The van der Waals surface area contributed by atoms with Crippen LogP contribution >= 0.6 is 18.5 Å². The topological polar surface area (TPSA) is 70.0 Å². The third kappa shape index (κ3) is 15.9. The van der Waals surface area contributed by atoms with Crippen LogP contribution in [0.4, 0.5) is 0 Å². The fourth-order valence-electron chi connectivity index (χ4n) is 0.642. The molecule has 0 aromatic carbocycles. The average molecular weight is 184 g/mol. The van der Waals surface area contributed by atoms with Crippen LogP contribution < -0.4 is 12.3 Å². The molecule has 66 valence electrons. The molecule has 0 rings (SSSR count). The van der Waals surface area contributed by atoms with Gasteiger partial charge in [0.2, 0.25) is 0 Å². The van der Waals surface area contributed by atoms with Crippen LogP contribution in [0.1, 0.15) is 25.7 Å². The molecular weight excluding hydrogens is 162 g/mol. The fraction of sp³-hybridized carbons (Fsp3) is 1.00. The molecule has 0 heterocycles. The summed E-state index contributed by atoms with van der Waals surface area (Å²) in [5, 5.41) is 0. The Morgan fingerprint density at radius 3 is 1.10 bits per heavy atom. The highest BCUT2D eigenvalue weighted by Crippen LogP contribution is 2.03. The number of rotatable bonds is 5. The zero-order chi connectivity index (χ0) is 6.24. The minimum absolute atomic E-state index is 0. The number of hydrogen-bond donors (Lipinski definition) is 2. The molecule has 0 saturated heterocycles. The summed E-state index contributed by atoms with van der Waals surface area (Å²) in [5.74, 6) is 0. The Hall–Kier alpha value is 0.780. The molecule has 2 nitrogen and oxygen atoms in total. The van der Waals surface area contributed by atoms with Crippen molar-refractivity contribution >= 4 is 18.5 Å². The zero-order valence-electron chi connectivity index (χ0n) is 6.81. The van der Waals surface area contributed by atoms with E-state index in [0.717, 1.165) is 0 Å². The van der Waals surface area contributed by atoms with Crippen molar-refractivity contribution in [2.75, 3.05) is 12.3 Å². The van der Waals surface area contributed by atoms with E-state index >= 15 is 0 Å². The lowest BCUT2D eigenvalue weighted by molar-refractivity contribution is 0.711. The first-order valence-corrected chi connectivity index (χ1v) is 4.95. The lowest BCUT2D eigenvalue weighted by Crippen LogP contribution is -1.78. The van der Waals surface area contributed by atoms with E-state index in [1.165, 1.54) is 38.0 Å². The lowest BCUT2D eigenvalue weighted by Gasteiger charge is -1.93. The van der Waals surface area contributed by atoms with Gasteiger partial charge in [-0.2, -0.15) is 0 Å². The van der Waals surface area contributed by atoms with Gasteiger partial charge in [-0.3, -0.25) is 0 Å². The smallest absolute Gasteiger partial charge is 0.0381 e. The van der Waals surface area contributed by atoms with Gasteiger partial charge in [0.25, 0.3) is 0 Å². The first-order valence-electron chi connectivity index (χ1n) is 3.32. The van der Waals surface area contributed by atoms with E-state index in [2.05, 4.69) is 18.5 Å². The first kappa shape index (κ1) is 17.0. The molecule has 6 N–H and O–H groups in total. The maximum Gasteiger partial charge on any atom is -0.0381 e. The van der Waals surface area contributed by atoms with Gasteiger partial charge in [-0.05, 0) is 25.2 Å². The van der Waals surface area contributed by atoms with Crippen molar-refractivity contribution in [3.8, 4) is 0 Å². The highest BCUT2D eigenvalue weighted by Gasteiger charge is 1.83. The van der Waals surface area contributed by atoms with Gasteiger partial charge >= 0.3 is 0 Å². The maximum absolute atomic E-state index is 2.76. The van der Waals surface area contributed by atoms with Gasteiger partial charge in [0.05, 0.1) is 0 Å². The number of unbranched alkanes of at least 4 members (excludes halogenated alkanes) is 3. The minimum Gasteiger partial charge on any atom is -0.344 e. The summed E-state index contributed by atoms with van der Waals surface area (Å²) >= 11 is 0. The van der Waals surface area contributed by atoms with Gasteiger partial charge in [0, 0.05) is 0 Å². The van der Waals surface area contributed by atoms with E-state index in [0.29, 0.717) is 0 Å². The molecule has 0 aliphatic heterocycles. The maximum atomic E-state index is 2.76. The van der Waals surface area contributed by atoms with E-state index in [4.69, 9.17) is 0 Å². The van der Waals surface area contributed by atoms with E-state index < -0.39 is 0 Å². The van der Waals surface area contributed by atoms with E-state index in [1.807, 2.05) is 0 Å². The highest BCUT2D eigenvalue weighted by atomic mass is 31.0. The summed E-state index contributed by atoms with van der Waals surface area (Å²) in [4.78, 5) is 0. The second-order valence-electron chi connectivity index (χ2n) is 1.99. The Labute approximate surface area is 69.5 Å². The highest BCUT2D eigenvalue weighted by molar-refractivity contribution is 7.16. The van der Waals surface area contributed by atoms with Gasteiger partial charge < -0.3 is 12.3 Å².